The van der Waals surface area contributed by atoms with Crippen LogP contribution in [0.4, 0.5) is 4.39 Å². The molecule has 0 fully saturated rings. The fourth-order valence-electron chi connectivity index (χ4n) is 2.02. The molecule has 0 saturated carbocycles. The molecule has 1 aromatic heterocycles. The summed E-state index contributed by atoms with van der Waals surface area (Å²) in [6, 6.07) is 5.19. The van der Waals surface area contributed by atoms with Crippen LogP contribution < -0.4 is 5.32 Å². The van der Waals surface area contributed by atoms with Gasteiger partial charge in [-0.15, -0.1) is 11.3 Å². The Balaban J connectivity index is 2.38. The van der Waals surface area contributed by atoms with Crippen LogP contribution in [0.1, 0.15) is 29.5 Å². The zero-order valence-corrected chi connectivity index (χ0v) is 12.4. The number of halogens is 1. The number of rotatable bonds is 5. The van der Waals surface area contributed by atoms with Gasteiger partial charge in [0.1, 0.15) is 10.8 Å². The van der Waals surface area contributed by atoms with E-state index in [1.165, 1.54) is 16.6 Å². The number of nitrogens with one attached hydrogen (secondary N) is 1. The third-order valence-electron chi connectivity index (χ3n) is 3.01. The molecule has 0 aliphatic heterocycles. The average Bonchev–Trinajstić information content (AvgIpc) is 2.77. The molecule has 2 aromatic rings. The molecule has 102 valence electrons. The molecule has 0 aliphatic rings. The van der Waals surface area contributed by atoms with Crippen LogP contribution in [0.15, 0.2) is 18.2 Å². The minimum Gasteiger partial charge on any atom is -0.315 e. The lowest BCUT2D eigenvalue weighted by molar-refractivity contribution is 0.619. The van der Waals surface area contributed by atoms with Gasteiger partial charge in [-0.25, -0.2) is 9.37 Å². The first kappa shape index (κ1) is 14.2. The number of benzene rings is 1. The molecule has 0 saturated heterocycles. The minimum atomic E-state index is -0.162. The summed E-state index contributed by atoms with van der Waals surface area (Å²) in [5, 5.41) is 4.16. The van der Waals surface area contributed by atoms with E-state index >= 15 is 0 Å². The lowest BCUT2D eigenvalue weighted by Gasteiger charge is -1.99. The molecule has 0 aliphatic carbocycles. The van der Waals surface area contributed by atoms with E-state index in [1.807, 2.05) is 13.1 Å². The Morgan fingerprint density at radius 1 is 1.37 bits per heavy atom. The molecule has 1 aromatic carbocycles. The van der Waals surface area contributed by atoms with Crippen molar-refractivity contribution in [1.29, 1.82) is 0 Å². The largest absolute Gasteiger partial charge is 0.315 e. The second-order valence-corrected chi connectivity index (χ2v) is 5.72. The van der Waals surface area contributed by atoms with E-state index in [2.05, 4.69) is 12.2 Å². The van der Waals surface area contributed by atoms with Crippen molar-refractivity contribution >= 4 is 11.3 Å². The molecule has 0 amide bonds. The molecule has 2 nitrogen and oxygen atoms in total. The van der Waals surface area contributed by atoms with E-state index in [1.54, 1.807) is 24.3 Å². The zero-order chi connectivity index (χ0) is 13.8. The first-order valence-corrected chi connectivity index (χ1v) is 7.37. The fourth-order valence-corrected chi connectivity index (χ4v) is 3.13. The summed E-state index contributed by atoms with van der Waals surface area (Å²) in [7, 11) is 1.94. The summed E-state index contributed by atoms with van der Waals surface area (Å²) in [5.41, 5.74) is 2.84. The number of hydrogen-bond donors (Lipinski definition) is 1. The van der Waals surface area contributed by atoms with Crippen molar-refractivity contribution in [3.05, 3.63) is 40.2 Å². The van der Waals surface area contributed by atoms with Crippen LogP contribution in [0, 0.1) is 12.7 Å². The highest BCUT2D eigenvalue weighted by atomic mass is 32.1. The van der Waals surface area contributed by atoms with Crippen molar-refractivity contribution in [2.75, 3.05) is 7.05 Å². The maximum Gasteiger partial charge on any atom is 0.126 e. The van der Waals surface area contributed by atoms with E-state index in [4.69, 9.17) is 4.98 Å². The Morgan fingerprint density at radius 3 is 2.79 bits per heavy atom. The van der Waals surface area contributed by atoms with Gasteiger partial charge in [0.2, 0.25) is 0 Å². The number of aromatic nitrogens is 1. The van der Waals surface area contributed by atoms with Crippen molar-refractivity contribution in [2.45, 2.75) is 33.2 Å². The van der Waals surface area contributed by atoms with Gasteiger partial charge >= 0.3 is 0 Å². The zero-order valence-electron chi connectivity index (χ0n) is 11.6. The highest BCUT2D eigenvalue weighted by molar-refractivity contribution is 7.15. The summed E-state index contributed by atoms with van der Waals surface area (Å²) < 4.78 is 13.3. The molecule has 1 heterocycles. The van der Waals surface area contributed by atoms with E-state index in [0.717, 1.165) is 30.0 Å². The van der Waals surface area contributed by atoms with E-state index < -0.39 is 0 Å². The summed E-state index contributed by atoms with van der Waals surface area (Å²) in [6.07, 6.45) is 2.08. The van der Waals surface area contributed by atoms with Gasteiger partial charge in [-0.05, 0) is 44.2 Å². The molecule has 0 spiro atoms. The monoisotopic (exact) mass is 278 g/mol. The maximum absolute atomic E-state index is 13.3. The minimum absolute atomic E-state index is 0.162. The lowest BCUT2D eigenvalue weighted by atomic mass is 10.1. The number of nitrogens with zero attached hydrogens (tertiary/aromatic N) is 1. The summed E-state index contributed by atoms with van der Waals surface area (Å²) >= 11 is 1.70. The third-order valence-corrected chi connectivity index (χ3v) is 4.15. The molecule has 0 bridgehead atoms. The van der Waals surface area contributed by atoms with Gasteiger partial charge in [-0.1, -0.05) is 13.3 Å². The number of thiazole rings is 1. The lowest BCUT2D eigenvalue weighted by Crippen LogP contribution is -2.05. The van der Waals surface area contributed by atoms with Gasteiger partial charge in [-0.3, -0.25) is 0 Å². The van der Waals surface area contributed by atoms with Crippen molar-refractivity contribution in [3.8, 4) is 10.6 Å². The first-order chi connectivity index (χ1) is 9.15. The van der Waals surface area contributed by atoms with Crippen LogP contribution in [-0.2, 0) is 13.0 Å². The summed E-state index contributed by atoms with van der Waals surface area (Å²) in [6.45, 7) is 4.78. The number of aryl methyl sites for hydroxylation is 2. The Kier molecular flexibility index (Phi) is 4.66. The van der Waals surface area contributed by atoms with Crippen LogP contribution in [0.3, 0.4) is 0 Å². The van der Waals surface area contributed by atoms with Gasteiger partial charge in [0.25, 0.3) is 0 Å². The van der Waals surface area contributed by atoms with E-state index in [9.17, 15) is 4.39 Å². The highest BCUT2D eigenvalue weighted by Gasteiger charge is 2.12. The van der Waals surface area contributed by atoms with Crippen molar-refractivity contribution in [1.82, 2.24) is 10.3 Å². The summed E-state index contributed by atoms with van der Waals surface area (Å²) in [4.78, 5) is 5.99. The Morgan fingerprint density at radius 2 is 2.16 bits per heavy atom. The van der Waals surface area contributed by atoms with Crippen LogP contribution in [-0.4, -0.2) is 12.0 Å². The fraction of sp³-hybridized carbons (Fsp3) is 0.400. The molecule has 4 heteroatoms. The quantitative estimate of drug-likeness (QED) is 0.896. The Bertz CT molecular complexity index is 540. The molecule has 0 unspecified atom stereocenters. The van der Waals surface area contributed by atoms with Crippen LogP contribution in [0.5, 0.6) is 0 Å². The van der Waals surface area contributed by atoms with Crippen molar-refractivity contribution in [3.63, 3.8) is 0 Å². The Labute approximate surface area is 117 Å². The first-order valence-electron chi connectivity index (χ1n) is 6.55. The Hall–Kier alpha value is -1.26. The van der Waals surface area contributed by atoms with Gasteiger partial charge in [-0.2, -0.15) is 0 Å². The van der Waals surface area contributed by atoms with Crippen molar-refractivity contribution in [2.24, 2.45) is 0 Å². The smallest absolute Gasteiger partial charge is 0.126 e. The second-order valence-electron chi connectivity index (χ2n) is 4.63. The molecular formula is C15H19FN2S. The van der Waals surface area contributed by atoms with Crippen LogP contribution >= 0.6 is 11.3 Å². The van der Waals surface area contributed by atoms with Crippen molar-refractivity contribution < 1.29 is 4.39 Å². The average molecular weight is 278 g/mol. The maximum atomic E-state index is 13.3. The standard InChI is InChI=1S/C15H19FN2S/c1-4-5-13-14(9-17-3)19-15(18-13)11-6-7-12(16)10(2)8-11/h6-8,17H,4-5,9H2,1-3H3. The van der Waals surface area contributed by atoms with E-state index in [0.29, 0.717) is 5.56 Å². The molecule has 1 N–H and O–H groups in total. The predicted molar refractivity (Wildman–Crippen MR) is 79.0 cm³/mol. The van der Waals surface area contributed by atoms with Gasteiger partial charge in [0.15, 0.2) is 0 Å². The number of hydrogen-bond acceptors (Lipinski definition) is 3. The summed E-state index contributed by atoms with van der Waals surface area (Å²) in [5.74, 6) is -0.162. The van der Waals surface area contributed by atoms with Gasteiger partial charge in [0, 0.05) is 17.0 Å². The topological polar surface area (TPSA) is 24.9 Å². The SMILES string of the molecule is CCCc1nc(-c2ccc(F)c(C)c2)sc1CNC. The third kappa shape index (κ3) is 3.19. The van der Waals surface area contributed by atoms with Gasteiger partial charge in [0.05, 0.1) is 5.69 Å². The molecular weight excluding hydrogens is 259 g/mol. The molecule has 0 atom stereocenters. The van der Waals surface area contributed by atoms with E-state index in [-0.39, 0.29) is 5.82 Å². The highest BCUT2D eigenvalue weighted by Crippen LogP contribution is 2.29. The normalized spacial score (nSPS) is 10.9. The predicted octanol–water partition coefficient (Wildman–Crippen LogP) is 3.93. The van der Waals surface area contributed by atoms with Crippen LogP contribution in [0.2, 0.25) is 0 Å². The van der Waals surface area contributed by atoms with Crippen LogP contribution in [0.25, 0.3) is 10.6 Å². The molecule has 0 radical (unpaired) electrons. The molecule has 2 rings (SSSR count). The molecule has 19 heavy (non-hydrogen) atoms. The van der Waals surface area contributed by atoms with Gasteiger partial charge < -0.3 is 5.32 Å². The second kappa shape index (κ2) is 6.26.